The molecule has 1 aromatic rings. The Morgan fingerprint density at radius 2 is 2.05 bits per heavy atom. The van der Waals surface area contributed by atoms with Crippen molar-refractivity contribution in [1.29, 1.82) is 0 Å². The van der Waals surface area contributed by atoms with Crippen LogP contribution in [0.3, 0.4) is 0 Å². The van der Waals surface area contributed by atoms with Crippen molar-refractivity contribution in [2.75, 3.05) is 18.8 Å². The van der Waals surface area contributed by atoms with Gasteiger partial charge in [-0.25, -0.2) is 8.42 Å². The lowest BCUT2D eigenvalue weighted by Gasteiger charge is -2.13. The summed E-state index contributed by atoms with van der Waals surface area (Å²) >= 11 is 0. The third kappa shape index (κ3) is 1.65. The number of aromatic hydroxyl groups is 2. The molecule has 2 aliphatic heterocycles. The summed E-state index contributed by atoms with van der Waals surface area (Å²) in [5.41, 5.74) is 6.25. The maximum atomic E-state index is 12.1. The van der Waals surface area contributed by atoms with Gasteiger partial charge in [0, 0.05) is 6.21 Å². The van der Waals surface area contributed by atoms with Crippen LogP contribution in [0, 0.1) is 0 Å². The van der Waals surface area contributed by atoms with E-state index < -0.39 is 15.6 Å². The van der Waals surface area contributed by atoms with E-state index in [0.717, 1.165) is 0 Å². The molecule has 7 nitrogen and oxygen atoms in total. The fourth-order valence-corrected chi connectivity index (χ4v) is 3.87. The summed E-state index contributed by atoms with van der Waals surface area (Å²) in [6.07, 6.45) is 1.91. The van der Waals surface area contributed by atoms with Crippen LogP contribution in [0.1, 0.15) is 6.42 Å². The van der Waals surface area contributed by atoms with Gasteiger partial charge in [0.15, 0.2) is 15.6 Å². The van der Waals surface area contributed by atoms with Crippen LogP contribution >= 0.6 is 0 Å². The van der Waals surface area contributed by atoms with Crippen molar-refractivity contribution in [3.63, 3.8) is 0 Å². The monoisotopic (exact) mass is 295 g/mol. The second-order valence-corrected chi connectivity index (χ2v) is 6.67. The Hall–Kier alpha value is -1.93. The highest BCUT2D eigenvalue weighted by Crippen LogP contribution is 2.31. The van der Waals surface area contributed by atoms with E-state index in [2.05, 4.69) is 9.98 Å². The second kappa shape index (κ2) is 4.29. The topological polar surface area (TPSA) is 125 Å². The molecular weight excluding hydrogens is 282 g/mol. The number of rotatable bonds is 2. The number of nitrogens with two attached hydrogens (primary N) is 1. The van der Waals surface area contributed by atoms with E-state index in [1.54, 1.807) is 0 Å². The van der Waals surface area contributed by atoms with Gasteiger partial charge in [-0.2, -0.15) is 0 Å². The Bertz CT molecular complexity index is 856. The van der Waals surface area contributed by atoms with Gasteiger partial charge >= 0.3 is 0 Å². The van der Waals surface area contributed by atoms with Gasteiger partial charge in [0.1, 0.15) is 21.7 Å². The van der Waals surface area contributed by atoms with Gasteiger partial charge in [-0.1, -0.05) is 0 Å². The molecule has 2 aliphatic rings. The van der Waals surface area contributed by atoms with Crippen molar-refractivity contribution >= 4 is 27.3 Å². The minimum atomic E-state index is -3.66. The number of nitrogens with zero attached hydrogens (tertiary/aromatic N) is 2. The van der Waals surface area contributed by atoms with E-state index >= 15 is 0 Å². The zero-order valence-corrected chi connectivity index (χ0v) is 11.3. The molecule has 20 heavy (non-hydrogen) atoms. The lowest BCUT2D eigenvalue weighted by molar-refractivity contribution is 0.434. The SMILES string of the molecule is NCCC1=c2c(O)c3c(c(O)c2N=C1)=NCCS3(=O)=O. The van der Waals surface area contributed by atoms with E-state index in [4.69, 9.17) is 5.73 Å². The summed E-state index contributed by atoms with van der Waals surface area (Å²) in [7, 11) is -3.66. The minimum absolute atomic E-state index is 0.0597. The van der Waals surface area contributed by atoms with Crippen LogP contribution in [0.15, 0.2) is 14.9 Å². The van der Waals surface area contributed by atoms with Crippen molar-refractivity contribution in [2.45, 2.75) is 11.3 Å². The minimum Gasteiger partial charge on any atom is -0.506 e. The lowest BCUT2D eigenvalue weighted by atomic mass is 10.1. The third-order valence-electron chi connectivity index (χ3n) is 3.38. The number of hydrogen-bond acceptors (Lipinski definition) is 7. The van der Waals surface area contributed by atoms with Gasteiger partial charge in [0.05, 0.1) is 17.5 Å². The van der Waals surface area contributed by atoms with Gasteiger partial charge < -0.3 is 15.9 Å². The van der Waals surface area contributed by atoms with E-state index in [9.17, 15) is 18.6 Å². The fraction of sp³-hybridized carbons (Fsp3) is 0.333. The quantitative estimate of drug-likeness (QED) is 0.586. The van der Waals surface area contributed by atoms with E-state index in [1.165, 1.54) is 6.21 Å². The Morgan fingerprint density at radius 3 is 2.75 bits per heavy atom. The molecule has 4 N–H and O–H groups in total. The molecule has 106 valence electrons. The zero-order chi connectivity index (χ0) is 14.5. The molecular formula is C12H13N3O4S. The van der Waals surface area contributed by atoms with Crippen LogP contribution in [-0.2, 0) is 9.84 Å². The molecule has 0 unspecified atom stereocenters. The van der Waals surface area contributed by atoms with Crippen molar-refractivity contribution in [3.8, 4) is 11.5 Å². The van der Waals surface area contributed by atoms with Gasteiger partial charge in [0.25, 0.3) is 0 Å². The van der Waals surface area contributed by atoms with Crippen LogP contribution in [-0.4, -0.2) is 43.7 Å². The molecule has 0 amide bonds. The van der Waals surface area contributed by atoms with Crippen LogP contribution in [0.25, 0.3) is 5.57 Å². The Morgan fingerprint density at radius 1 is 1.30 bits per heavy atom. The first-order valence-corrected chi connectivity index (χ1v) is 7.75. The van der Waals surface area contributed by atoms with Gasteiger partial charge in [-0.15, -0.1) is 0 Å². The Kier molecular flexibility index (Phi) is 2.80. The molecule has 0 fully saturated rings. The number of hydrogen-bond donors (Lipinski definition) is 3. The molecule has 0 spiro atoms. The van der Waals surface area contributed by atoms with Crippen LogP contribution < -0.4 is 16.3 Å². The van der Waals surface area contributed by atoms with E-state index in [-0.39, 0.29) is 39.2 Å². The standard InChI is InChI=1S/C12H13N3O4S/c13-2-1-6-5-15-8-7(6)10(16)12-9(11(8)17)14-3-4-20(12,18)19/h5,16-17H,1-4,13H2. The summed E-state index contributed by atoms with van der Waals surface area (Å²) in [5.74, 6) is -0.879. The van der Waals surface area contributed by atoms with Crippen LogP contribution in [0.4, 0.5) is 5.69 Å². The molecule has 0 aliphatic carbocycles. The number of phenolic OH excluding ortho intramolecular Hbond substituents is 2. The van der Waals surface area contributed by atoms with Gasteiger partial charge in [-0.05, 0) is 18.5 Å². The second-order valence-electron chi connectivity index (χ2n) is 4.62. The molecule has 0 bridgehead atoms. The number of aliphatic imine (C=N–C) groups is 1. The van der Waals surface area contributed by atoms with Crippen molar-refractivity contribution in [2.24, 2.45) is 15.7 Å². The summed E-state index contributed by atoms with van der Waals surface area (Å²) < 4.78 is 24.2. The van der Waals surface area contributed by atoms with Gasteiger partial charge in [0.2, 0.25) is 0 Å². The molecule has 0 atom stereocenters. The normalized spacial score (nSPS) is 18.6. The predicted octanol–water partition coefficient (Wildman–Crippen LogP) is -1.28. The predicted molar refractivity (Wildman–Crippen MR) is 72.7 cm³/mol. The molecule has 0 saturated heterocycles. The number of fused-ring (bicyclic) bond motifs is 2. The largest absolute Gasteiger partial charge is 0.506 e. The number of phenols is 2. The summed E-state index contributed by atoms with van der Waals surface area (Å²) in [4.78, 5) is 7.73. The molecule has 0 saturated carbocycles. The molecule has 2 heterocycles. The zero-order valence-electron chi connectivity index (χ0n) is 10.5. The first kappa shape index (κ1) is 13.1. The van der Waals surface area contributed by atoms with Crippen molar-refractivity contribution in [1.82, 2.24) is 0 Å². The highest BCUT2D eigenvalue weighted by Gasteiger charge is 2.31. The van der Waals surface area contributed by atoms with E-state index in [1.807, 2.05) is 0 Å². The maximum absolute atomic E-state index is 12.1. The number of benzene rings is 1. The molecule has 8 heteroatoms. The fourth-order valence-electron chi connectivity index (χ4n) is 2.48. The van der Waals surface area contributed by atoms with E-state index in [0.29, 0.717) is 18.5 Å². The highest BCUT2D eigenvalue weighted by molar-refractivity contribution is 7.91. The summed E-state index contributed by atoms with van der Waals surface area (Å²) in [6, 6.07) is 0. The van der Waals surface area contributed by atoms with Gasteiger partial charge in [-0.3, -0.25) is 9.98 Å². The Balaban J connectivity index is 2.52. The first-order chi connectivity index (χ1) is 9.47. The molecule has 1 aromatic carbocycles. The summed E-state index contributed by atoms with van der Waals surface area (Å²) in [5, 5.41) is 20.6. The summed E-state index contributed by atoms with van der Waals surface area (Å²) in [6.45, 7) is 0.388. The Labute approximate surface area is 114 Å². The molecule has 0 radical (unpaired) electrons. The number of sulfone groups is 1. The highest BCUT2D eigenvalue weighted by atomic mass is 32.2. The van der Waals surface area contributed by atoms with Crippen molar-refractivity contribution < 1.29 is 18.6 Å². The van der Waals surface area contributed by atoms with Crippen LogP contribution in [0.2, 0.25) is 0 Å². The third-order valence-corrected chi connectivity index (χ3v) is 5.11. The van der Waals surface area contributed by atoms with Crippen molar-refractivity contribution in [3.05, 3.63) is 10.6 Å². The lowest BCUT2D eigenvalue weighted by Crippen LogP contribution is -2.29. The average molecular weight is 295 g/mol. The maximum Gasteiger partial charge on any atom is 0.186 e. The smallest absolute Gasteiger partial charge is 0.186 e. The van der Waals surface area contributed by atoms with Crippen LogP contribution in [0.5, 0.6) is 11.5 Å². The average Bonchev–Trinajstić information content (AvgIpc) is 2.79. The molecule has 0 aromatic heterocycles. The molecule has 3 rings (SSSR count). The first-order valence-electron chi connectivity index (χ1n) is 6.10.